The maximum absolute atomic E-state index is 13.2. The van der Waals surface area contributed by atoms with Crippen molar-refractivity contribution in [2.75, 3.05) is 11.1 Å². The molecule has 11 heteroatoms. The number of aryl methyl sites for hydroxylation is 1. The number of pyridine rings is 1. The summed E-state index contributed by atoms with van der Waals surface area (Å²) < 4.78 is 41.0. The van der Waals surface area contributed by atoms with Crippen molar-refractivity contribution in [2.24, 2.45) is 0 Å². The van der Waals surface area contributed by atoms with Gasteiger partial charge in [-0.3, -0.25) is 19.1 Å². The topological polar surface area (TPSA) is 76.9 Å². The normalized spacial score (nSPS) is 11.6. The Kier molecular flexibility index (Phi) is 6.52. The smallest absolute Gasteiger partial charge is 0.325 e. The van der Waals surface area contributed by atoms with Gasteiger partial charge in [-0.1, -0.05) is 30.0 Å². The molecule has 0 spiro atoms. The van der Waals surface area contributed by atoms with Crippen LogP contribution >= 0.6 is 23.1 Å². The van der Waals surface area contributed by atoms with Crippen LogP contribution in [0.3, 0.4) is 0 Å². The molecule has 0 aliphatic rings. The Morgan fingerprint density at radius 1 is 1.21 bits per heavy atom. The molecule has 33 heavy (non-hydrogen) atoms. The predicted octanol–water partition coefficient (Wildman–Crippen LogP) is 4.96. The number of thioether (sulfide) groups is 1. The highest BCUT2D eigenvalue weighted by Gasteiger charge is 2.33. The Balaban J connectivity index is 1.60. The maximum atomic E-state index is 13.2. The summed E-state index contributed by atoms with van der Waals surface area (Å²) in [5.41, 5.74) is -0.720. The van der Waals surface area contributed by atoms with Gasteiger partial charge in [-0.15, -0.1) is 11.3 Å². The van der Waals surface area contributed by atoms with Gasteiger partial charge in [0.2, 0.25) is 5.91 Å². The summed E-state index contributed by atoms with van der Waals surface area (Å²) in [5, 5.41) is 3.09. The number of carbonyl (C=O) groups excluding carboxylic acids is 1. The molecule has 4 aromatic rings. The minimum atomic E-state index is -4.59. The summed E-state index contributed by atoms with van der Waals surface area (Å²) in [5.74, 6) is -0.858. The monoisotopic (exact) mass is 490 g/mol. The van der Waals surface area contributed by atoms with Crippen LogP contribution < -0.4 is 10.9 Å². The van der Waals surface area contributed by atoms with Crippen LogP contribution in [0.5, 0.6) is 0 Å². The molecule has 0 fully saturated rings. The molecule has 0 atom stereocenters. The number of thiophene rings is 1. The van der Waals surface area contributed by atoms with E-state index in [1.165, 1.54) is 34.1 Å². The third-order valence-electron chi connectivity index (χ3n) is 4.64. The van der Waals surface area contributed by atoms with Gasteiger partial charge < -0.3 is 5.32 Å². The molecule has 3 heterocycles. The highest BCUT2D eigenvalue weighted by molar-refractivity contribution is 7.99. The fourth-order valence-corrected chi connectivity index (χ4v) is 4.92. The second-order valence-corrected chi connectivity index (χ2v) is 9.28. The fraction of sp³-hybridized carbons (Fsp3) is 0.182. The molecule has 0 unspecified atom stereocenters. The maximum Gasteiger partial charge on any atom is 0.418 e. The van der Waals surface area contributed by atoms with E-state index < -0.39 is 17.6 Å². The third kappa shape index (κ3) is 5.25. The quantitative estimate of drug-likeness (QED) is 0.305. The van der Waals surface area contributed by atoms with E-state index >= 15 is 0 Å². The third-order valence-corrected chi connectivity index (χ3v) is 6.56. The minimum absolute atomic E-state index is 0.200. The summed E-state index contributed by atoms with van der Waals surface area (Å²) in [6.45, 7) is 2.07. The molecule has 0 radical (unpaired) electrons. The first-order valence-electron chi connectivity index (χ1n) is 9.71. The van der Waals surface area contributed by atoms with Crippen LogP contribution in [0.4, 0.5) is 18.9 Å². The highest BCUT2D eigenvalue weighted by atomic mass is 32.2. The van der Waals surface area contributed by atoms with E-state index in [1.807, 2.05) is 13.0 Å². The van der Waals surface area contributed by atoms with E-state index in [1.54, 1.807) is 24.5 Å². The van der Waals surface area contributed by atoms with E-state index in [-0.39, 0.29) is 23.5 Å². The molecule has 0 saturated heterocycles. The second-order valence-electron chi connectivity index (χ2n) is 7.10. The van der Waals surface area contributed by atoms with Crippen LogP contribution in [0.15, 0.2) is 64.8 Å². The first-order valence-corrected chi connectivity index (χ1v) is 11.5. The summed E-state index contributed by atoms with van der Waals surface area (Å²) in [6, 6.07) is 10.1. The van der Waals surface area contributed by atoms with Crippen LogP contribution in [0, 0.1) is 6.92 Å². The molecule has 0 bridgehead atoms. The molecule has 1 aromatic carbocycles. The van der Waals surface area contributed by atoms with Crippen LogP contribution in [-0.4, -0.2) is 26.2 Å². The highest BCUT2D eigenvalue weighted by Crippen LogP contribution is 2.34. The van der Waals surface area contributed by atoms with Crippen LogP contribution in [0.2, 0.25) is 0 Å². The Morgan fingerprint density at radius 2 is 2.00 bits per heavy atom. The van der Waals surface area contributed by atoms with E-state index in [0.717, 1.165) is 28.3 Å². The number of nitrogens with zero attached hydrogens (tertiary/aromatic N) is 3. The molecule has 170 valence electrons. The average molecular weight is 491 g/mol. The van der Waals surface area contributed by atoms with Crippen molar-refractivity contribution in [3.63, 3.8) is 0 Å². The predicted molar refractivity (Wildman–Crippen MR) is 123 cm³/mol. The number of carbonyl (C=O) groups is 1. The first kappa shape index (κ1) is 23.0. The van der Waals surface area contributed by atoms with Crippen molar-refractivity contribution in [1.82, 2.24) is 14.5 Å². The Labute approximate surface area is 194 Å². The summed E-state index contributed by atoms with van der Waals surface area (Å²) in [4.78, 5) is 35.7. The van der Waals surface area contributed by atoms with Crippen molar-refractivity contribution in [3.05, 3.63) is 81.2 Å². The molecule has 6 nitrogen and oxygen atoms in total. The molecule has 1 amide bonds. The number of aromatic nitrogens is 3. The van der Waals surface area contributed by atoms with Crippen molar-refractivity contribution >= 4 is 44.9 Å². The lowest BCUT2D eigenvalue weighted by atomic mass is 10.1. The number of anilines is 1. The molecular weight excluding hydrogens is 473 g/mol. The number of hydrogen-bond donors (Lipinski definition) is 1. The van der Waals surface area contributed by atoms with Crippen LogP contribution in [-0.2, 0) is 17.5 Å². The van der Waals surface area contributed by atoms with E-state index in [2.05, 4.69) is 15.3 Å². The number of benzene rings is 1. The lowest BCUT2D eigenvalue weighted by Crippen LogP contribution is -2.24. The van der Waals surface area contributed by atoms with Gasteiger partial charge in [0.1, 0.15) is 4.83 Å². The zero-order chi connectivity index (χ0) is 23.6. The van der Waals surface area contributed by atoms with Gasteiger partial charge in [0, 0.05) is 17.3 Å². The van der Waals surface area contributed by atoms with Crippen molar-refractivity contribution in [1.29, 1.82) is 0 Å². The number of hydrogen-bond acceptors (Lipinski definition) is 6. The zero-order valence-electron chi connectivity index (χ0n) is 17.2. The van der Waals surface area contributed by atoms with E-state index in [0.29, 0.717) is 15.4 Å². The van der Waals surface area contributed by atoms with Gasteiger partial charge in [0.05, 0.1) is 28.9 Å². The molecule has 0 aliphatic heterocycles. The van der Waals surface area contributed by atoms with Gasteiger partial charge in [-0.05, 0) is 36.8 Å². The number of rotatable bonds is 6. The number of alkyl halides is 3. The standard InChI is InChI=1S/C22H17F3N4O2S2/c1-13-9-15-19(33-13)28-21(29(20(15)31)11-14-5-4-8-26-10-14)32-12-18(30)27-17-7-3-2-6-16(17)22(23,24)25/h2-10H,11-12H2,1H3,(H,27,30). The lowest BCUT2D eigenvalue weighted by molar-refractivity contribution is -0.137. The van der Waals surface area contributed by atoms with E-state index in [4.69, 9.17) is 0 Å². The second kappa shape index (κ2) is 9.36. The van der Waals surface area contributed by atoms with Crippen LogP contribution in [0.25, 0.3) is 10.2 Å². The molecule has 1 N–H and O–H groups in total. The Bertz CT molecular complexity index is 1370. The summed E-state index contributed by atoms with van der Waals surface area (Å²) >= 11 is 2.35. The van der Waals surface area contributed by atoms with Crippen molar-refractivity contribution in [3.8, 4) is 0 Å². The summed E-state index contributed by atoms with van der Waals surface area (Å²) in [7, 11) is 0. The Morgan fingerprint density at radius 3 is 2.73 bits per heavy atom. The van der Waals surface area contributed by atoms with Gasteiger partial charge in [0.15, 0.2) is 5.16 Å². The van der Waals surface area contributed by atoms with Gasteiger partial charge in [-0.25, -0.2) is 4.98 Å². The molecule has 3 aromatic heterocycles. The minimum Gasteiger partial charge on any atom is -0.325 e. The molecule has 0 aliphatic carbocycles. The van der Waals surface area contributed by atoms with Crippen molar-refractivity contribution in [2.45, 2.75) is 24.8 Å². The SMILES string of the molecule is Cc1cc2c(=O)n(Cc3cccnc3)c(SCC(=O)Nc3ccccc3C(F)(F)F)nc2s1. The number of halogens is 3. The molecular formula is C22H17F3N4O2S2. The van der Waals surface area contributed by atoms with Gasteiger partial charge in [-0.2, -0.15) is 13.2 Å². The summed E-state index contributed by atoms with van der Waals surface area (Å²) in [6.07, 6.45) is -1.34. The van der Waals surface area contributed by atoms with E-state index in [9.17, 15) is 22.8 Å². The number of fused-ring (bicyclic) bond motifs is 1. The van der Waals surface area contributed by atoms with Gasteiger partial charge in [0.25, 0.3) is 5.56 Å². The van der Waals surface area contributed by atoms with Crippen LogP contribution in [0.1, 0.15) is 16.0 Å². The Hall–Kier alpha value is -3.18. The fourth-order valence-electron chi connectivity index (χ4n) is 3.20. The lowest BCUT2D eigenvalue weighted by Gasteiger charge is -2.14. The first-order chi connectivity index (χ1) is 15.7. The van der Waals surface area contributed by atoms with Gasteiger partial charge >= 0.3 is 6.18 Å². The average Bonchev–Trinajstić information content (AvgIpc) is 3.15. The molecule has 0 saturated carbocycles. The number of amides is 1. The zero-order valence-corrected chi connectivity index (χ0v) is 18.9. The number of para-hydroxylation sites is 1. The van der Waals surface area contributed by atoms with Crippen molar-refractivity contribution < 1.29 is 18.0 Å². The largest absolute Gasteiger partial charge is 0.418 e. The molecule has 4 rings (SSSR count). The number of nitrogens with one attached hydrogen (secondary N) is 1.